The van der Waals surface area contributed by atoms with Crippen LogP contribution in [0.15, 0.2) is 18.2 Å². The van der Waals surface area contributed by atoms with Crippen molar-refractivity contribution in [3.8, 4) is 0 Å². The molecule has 1 unspecified atom stereocenters. The molecular formula is C11H13FO3. The van der Waals surface area contributed by atoms with E-state index < -0.39 is 12.1 Å². The summed E-state index contributed by atoms with van der Waals surface area (Å²) in [5, 5.41) is 17.9. The number of hydrogen-bond acceptors (Lipinski definition) is 2. The number of halogens is 1. The highest BCUT2D eigenvalue weighted by atomic mass is 19.1. The van der Waals surface area contributed by atoms with Crippen LogP contribution in [0, 0.1) is 5.82 Å². The molecule has 82 valence electrons. The van der Waals surface area contributed by atoms with Crippen LogP contribution in [0.4, 0.5) is 4.39 Å². The van der Waals surface area contributed by atoms with E-state index in [0.717, 1.165) is 0 Å². The van der Waals surface area contributed by atoms with Gasteiger partial charge in [-0.05, 0) is 29.2 Å². The average Bonchev–Trinajstić information content (AvgIpc) is 2.16. The average molecular weight is 212 g/mol. The van der Waals surface area contributed by atoms with Gasteiger partial charge in [-0.3, -0.25) is 0 Å². The molecule has 0 aromatic heterocycles. The van der Waals surface area contributed by atoms with Crippen LogP contribution < -0.4 is 0 Å². The van der Waals surface area contributed by atoms with Crippen molar-refractivity contribution in [3.63, 3.8) is 0 Å². The van der Waals surface area contributed by atoms with Crippen LogP contribution in [0.2, 0.25) is 0 Å². The van der Waals surface area contributed by atoms with Crippen LogP contribution in [0.25, 0.3) is 0 Å². The minimum absolute atomic E-state index is 0.0501. The Hall–Kier alpha value is -1.42. The summed E-state index contributed by atoms with van der Waals surface area (Å²) in [6, 6.07) is 3.84. The number of aliphatic hydroxyl groups is 1. The first-order valence-electron chi connectivity index (χ1n) is 4.63. The van der Waals surface area contributed by atoms with Crippen LogP contribution >= 0.6 is 0 Å². The summed E-state index contributed by atoms with van der Waals surface area (Å²) in [6.45, 7) is 3.60. The Morgan fingerprint density at radius 2 is 2.00 bits per heavy atom. The molecule has 1 atom stereocenters. The lowest BCUT2D eigenvalue weighted by Crippen LogP contribution is -2.11. The molecule has 3 nitrogen and oxygen atoms in total. The van der Waals surface area contributed by atoms with Gasteiger partial charge in [-0.25, -0.2) is 9.18 Å². The lowest BCUT2D eigenvalue weighted by molar-refractivity contribution is -0.146. The Morgan fingerprint density at radius 1 is 1.40 bits per heavy atom. The fraction of sp³-hybridized carbons (Fsp3) is 0.364. The van der Waals surface area contributed by atoms with Gasteiger partial charge in [-0.1, -0.05) is 19.9 Å². The standard InChI is InChI=1S/C11H13FO3/c1-6(2)8-5-7(3-4-9(8)12)10(13)11(14)15/h3-6,10,13H,1-2H3,(H,14,15). The maximum atomic E-state index is 13.3. The van der Waals surface area contributed by atoms with Gasteiger partial charge in [0, 0.05) is 0 Å². The third-order valence-corrected chi connectivity index (χ3v) is 2.19. The molecule has 4 heteroatoms. The van der Waals surface area contributed by atoms with Crippen LogP contribution in [-0.4, -0.2) is 16.2 Å². The molecule has 0 amide bonds. The Labute approximate surface area is 87.2 Å². The molecule has 0 fully saturated rings. The van der Waals surface area contributed by atoms with Gasteiger partial charge < -0.3 is 10.2 Å². The summed E-state index contributed by atoms with van der Waals surface area (Å²) in [4.78, 5) is 10.5. The number of hydrogen-bond donors (Lipinski definition) is 2. The predicted molar refractivity (Wildman–Crippen MR) is 53.1 cm³/mol. The van der Waals surface area contributed by atoms with Gasteiger partial charge in [0.1, 0.15) is 5.82 Å². The minimum Gasteiger partial charge on any atom is -0.479 e. The van der Waals surface area contributed by atoms with Crippen molar-refractivity contribution in [3.05, 3.63) is 35.1 Å². The zero-order valence-electron chi connectivity index (χ0n) is 8.57. The largest absolute Gasteiger partial charge is 0.479 e. The van der Waals surface area contributed by atoms with Crippen molar-refractivity contribution in [2.45, 2.75) is 25.9 Å². The summed E-state index contributed by atoms with van der Waals surface area (Å²) in [6.07, 6.45) is -1.59. The van der Waals surface area contributed by atoms with Gasteiger partial charge in [0.15, 0.2) is 6.10 Å². The van der Waals surface area contributed by atoms with Crippen molar-refractivity contribution in [1.82, 2.24) is 0 Å². The second-order valence-corrected chi connectivity index (χ2v) is 3.68. The number of rotatable bonds is 3. The maximum absolute atomic E-state index is 13.3. The highest BCUT2D eigenvalue weighted by Crippen LogP contribution is 2.23. The molecule has 0 aliphatic carbocycles. The Morgan fingerprint density at radius 3 is 2.47 bits per heavy atom. The quantitative estimate of drug-likeness (QED) is 0.806. The first-order chi connectivity index (χ1) is 6.93. The molecule has 1 aromatic rings. The van der Waals surface area contributed by atoms with E-state index in [1.807, 2.05) is 0 Å². The van der Waals surface area contributed by atoms with E-state index >= 15 is 0 Å². The number of carboxylic acid groups (broad SMARTS) is 1. The summed E-state index contributed by atoms with van der Waals surface area (Å²) in [5.41, 5.74) is 0.611. The maximum Gasteiger partial charge on any atom is 0.337 e. The Balaban J connectivity index is 3.13. The second kappa shape index (κ2) is 4.40. The van der Waals surface area contributed by atoms with E-state index in [0.29, 0.717) is 5.56 Å². The van der Waals surface area contributed by atoms with Gasteiger partial charge in [0.25, 0.3) is 0 Å². The second-order valence-electron chi connectivity index (χ2n) is 3.68. The summed E-state index contributed by atoms with van der Waals surface area (Å²) in [5.74, 6) is -1.77. The molecule has 0 aliphatic heterocycles. The third-order valence-electron chi connectivity index (χ3n) is 2.19. The van der Waals surface area contributed by atoms with E-state index in [2.05, 4.69) is 0 Å². The Kier molecular flexibility index (Phi) is 3.42. The van der Waals surface area contributed by atoms with E-state index in [-0.39, 0.29) is 17.3 Å². The Bertz CT molecular complexity index is 374. The van der Waals surface area contributed by atoms with Crippen LogP contribution in [-0.2, 0) is 4.79 Å². The molecule has 0 aliphatic rings. The first-order valence-corrected chi connectivity index (χ1v) is 4.63. The number of benzene rings is 1. The molecule has 1 rings (SSSR count). The van der Waals surface area contributed by atoms with Gasteiger partial charge in [0.2, 0.25) is 0 Å². The SMILES string of the molecule is CC(C)c1cc(C(O)C(=O)O)ccc1F. The molecule has 0 spiro atoms. The van der Waals surface area contributed by atoms with E-state index in [1.54, 1.807) is 13.8 Å². The normalized spacial score (nSPS) is 12.9. The summed E-state index contributed by atoms with van der Waals surface area (Å²) in [7, 11) is 0. The lowest BCUT2D eigenvalue weighted by Gasteiger charge is -2.11. The molecule has 2 N–H and O–H groups in total. The highest BCUT2D eigenvalue weighted by molar-refractivity contribution is 5.74. The van der Waals surface area contributed by atoms with Crippen molar-refractivity contribution < 1.29 is 19.4 Å². The summed E-state index contributed by atoms with van der Waals surface area (Å²) >= 11 is 0. The van der Waals surface area contributed by atoms with Crippen LogP contribution in [0.3, 0.4) is 0 Å². The topological polar surface area (TPSA) is 57.5 Å². The van der Waals surface area contributed by atoms with E-state index in [1.165, 1.54) is 18.2 Å². The highest BCUT2D eigenvalue weighted by Gasteiger charge is 2.18. The zero-order valence-corrected chi connectivity index (χ0v) is 8.57. The van der Waals surface area contributed by atoms with Gasteiger partial charge >= 0.3 is 5.97 Å². The van der Waals surface area contributed by atoms with Crippen LogP contribution in [0.1, 0.15) is 37.0 Å². The first kappa shape index (κ1) is 11.7. The van der Waals surface area contributed by atoms with Crippen molar-refractivity contribution in [1.29, 1.82) is 0 Å². The lowest BCUT2D eigenvalue weighted by atomic mass is 9.98. The number of aliphatic carboxylic acids is 1. The van der Waals surface area contributed by atoms with Gasteiger partial charge in [-0.2, -0.15) is 0 Å². The van der Waals surface area contributed by atoms with E-state index in [4.69, 9.17) is 5.11 Å². The molecule has 15 heavy (non-hydrogen) atoms. The minimum atomic E-state index is -1.59. The number of carbonyl (C=O) groups is 1. The van der Waals surface area contributed by atoms with Crippen molar-refractivity contribution in [2.75, 3.05) is 0 Å². The molecule has 0 bridgehead atoms. The molecular weight excluding hydrogens is 199 g/mol. The zero-order chi connectivity index (χ0) is 11.6. The molecule has 0 heterocycles. The molecule has 0 saturated heterocycles. The molecule has 1 aromatic carbocycles. The van der Waals surface area contributed by atoms with Crippen LogP contribution in [0.5, 0.6) is 0 Å². The molecule has 0 radical (unpaired) electrons. The molecule has 0 saturated carbocycles. The number of carboxylic acids is 1. The van der Waals surface area contributed by atoms with Crippen molar-refractivity contribution >= 4 is 5.97 Å². The predicted octanol–water partition coefficient (Wildman–Crippen LogP) is 2.07. The van der Waals surface area contributed by atoms with Gasteiger partial charge in [-0.15, -0.1) is 0 Å². The summed E-state index contributed by atoms with van der Waals surface area (Å²) < 4.78 is 13.3. The fourth-order valence-electron chi connectivity index (χ4n) is 1.32. The smallest absolute Gasteiger partial charge is 0.337 e. The fourth-order valence-corrected chi connectivity index (χ4v) is 1.32. The van der Waals surface area contributed by atoms with E-state index in [9.17, 15) is 14.3 Å². The third kappa shape index (κ3) is 2.53. The monoisotopic (exact) mass is 212 g/mol. The number of aliphatic hydroxyl groups excluding tert-OH is 1. The van der Waals surface area contributed by atoms with Gasteiger partial charge in [0.05, 0.1) is 0 Å². The van der Waals surface area contributed by atoms with Crippen molar-refractivity contribution in [2.24, 2.45) is 0 Å².